The lowest BCUT2D eigenvalue weighted by molar-refractivity contribution is 0.0817. The van der Waals surface area contributed by atoms with E-state index in [-0.39, 0.29) is 5.91 Å². The van der Waals surface area contributed by atoms with Crippen LogP contribution in [-0.2, 0) is 6.54 Å². The van der Waals surface area contributed by atoms with Gasteiger partial charge in [0.1, 0.15) is 0 Å². The lowest BCUT2D eigenvalue weighted by Crippen LogP contribution is -2.23. The highest BCUT2D eigenvalue weighted by Gasteiger charge is 2.24. The minimum absolute atomic E-state index is 0.0660. The lowest BCUT2D eigenvalue weighted by Gasteiger charge is -2.15. The molecule has 0 saturated heterocycles. The summed E-state index contributed by atoms with van der Waals surface area (Å²) in [6.07, 6.45) is 1.56. The van der Waals surface area contributed by atoms with Crippen LogP contribution in [0, 0.1) is 0 Å². The third-order valence-electron chi connectivity index (χ3n) is 3.34. The van der Waals surface area contributed by atoms with Crippen LogP contribution in [0.25, 0.3) is 11.1 Å². The lowest BCUT2D eigenvalue weighted by atomic mass is 9.97. The topological polar surface area (TPSA) is 20.3 Å². The molecule has 0 aromatic heterocycles. The summed E-state index contributed by atoms with van der Waals surface area (Å²) in [6.45, 7) is 4.25. The van der Waals surface area contributed by atoms with Crippen molar-refractivity contribution >= 4 is 17.5 Å². The fourth-order valence-corrected chi connectivity index (χ4v) is 2.58. The molecule has 0 unspecified atom stereocenters. The van der Waals surface area contributed by atoms with Crippen LogP contribution in [0.15, 0.2) is 55.2 Å². The van der Waals surface area contributed by atoms with Crippen molar-refractivity contribution in [2.24, 2.45) is 0 Å². The van der Waals surface area contributed by atoms with Crippen LogP contribution < -0.4 is 0 Å². The second-order valence-corrected chi connectivity index (χ2v) is 4.90. The molecule has 3 heteroatoms. The van der Waals surface area contributed by atoms with Crippen LogP contribution in [0.2, 0.25) is 5.02 Å². The molecule has 0 spiro atoms. The van der Waals surface area contributed by atoms with Crippen LogP contribution in [0.3, 0.4) is 0 Å². The third kappa shape index (κ3) is 1.94. The fraction of sp³-hybridized carbons (Fsp3) is 0.0625. The second kappa shape index (κ2) is 4.56. The molecule has 0 atom stereocenters. The van der Waals surface area contributed by atoms with Gasteiger partial charge in [-0.2, -0.15) is 0 Å². The predicted octanol–water partition coefficient (Wildman–Crippen LogP) is 4.11. The molecular formula is C16H12ClNO. The molecule has 94 valence electrons. The van der Waals surface area contributed by atoms with E-state index in [4.69, 9.17) is 11.6 Å². The number of amides is 1. The number of fused-ring (bicyclic) bond motifs is 3. The molecule has 1 aliphatic heterocycles. The number of carbonyl (C=O) groups is 1. The first-order valence-electron chi connectivity index (χ1n) is 6.02. The first-order chi connectivity index (χ1) is 9.20. The molecule has 3 rings (SSSR count). The van der Waals surface area contributed by atoms with E-state index in [0.717, 1.165) is 16.7 Å². The number of hydrogen-bond donors (Lipinski definition) is 0. The van der Waals surface area contributed by atoms with Gasteiger partial charge >= 0.3 is 0 Å². The summed E-state index contributed by atoms with van der Waals surface area (Å²) >= 11 is 6.02. The number of hydrogen-bond acceptors (Lipinski definition) is 1. The van der Waals surface area contributed by atoms with Crippen LogP contribution in [0.4, 0.5) is 0 Å². The van der Waals surface area contributed by atoms with Gasteiger partial charge in [0.05, 0.1) is 6.54 Å². The monoisotopic (exact) mass is 269 g/mol. The predicted molar refractivity (Wildman–Crippen MR) is 77.0 cm³/mol. The van der Waals surface area contributed by atoms with Gasteiger partial charge in [0, 0.05) is 16.8 Å². The number of halogens is 1. The zero-order chi connectivity index (χ0) is 13.4. The minimum Gasteiger partial charge on any atom is -0.311 e. The van der Waals surface area contributed by atoms with Crippen molar-refractivity contribution in [2.75, 3.05) is 0 Å². The number of nitrogens with zero attached hydrogens (tertiary/aromatic N) is 1. The van der Waals surface area contributed by atoms with Gasteiger partial charge in [0.25, 0.3) is 5.91 Å². The van der Waals surface area contributed by atoms with E-state index in [1.165, 1.54) is 0 Å². The molecule has 2 nitrogen and oxygen atoms in total. The quantitative estimate of drug-likeness (QED) is 0.763. The van der Waals surface area contributed by atoms with E-state index in [0.29, 0.717) is 17.1 Å². The smallest absolute Gasteiger partial charge is 0.258 e. The van der Waals surface area contributed by atoms with E-state index in [1.54, 1.807) is 17.2 Å². The van der Waals surface area contributed by atoms with Crippen LogP contribution in [0.5, 0.6) is 0 Å². The Bertz CT molecular complexity index is 678. The van der Waals surface area contributed by atoms with Crippen molar-refractivity contribution in [1.82, 2.24) is 4.90 Å². The van der Waals surface area contributed by atoms with Crippen molar-refractivity contribution in [1.29, 1.82) is 0 Å². The van der Waals surface area contributed by atoms with E-state index in [1.807, 2.05) is 36.4 Å². The molecule has 0 radical (unpaired) electrons. The highest BCUT2D eigenvalue weighted by atomic mass is 35.5. The highest BCUT2D eigenvalue weighted by Crippen LogP contribution is 2.33. The standard InChI is InChI=1S/C16H12ClNO/c1-2-18-10-11-5-3-4-6-13(11)14-8-7-12(17)9-15(14)16(18)19/h2-9H,1,10H2. The Labute approximate surface area is 116 Å². The fourth-order valence-electron chi connectivity index (χ4n) is 2.41. The van der Waals surface area contributed by atoms with Gasteiger partial charge in [-0.1, -0.05) is 48.5 Å². The zero-order valence-corrected chi connectivity index (χ0v) is 11.0. The molecule has 19 heavy (non-hydrogen) atoms. The highest BCUT2D eigenvalue weighted by molar-refractivity contribution is 6.31. The van der Waals surface area contributed by atoms with E-state index in [2.05, 4.69) is 6.58 Å². The average Bonchev–Trinajstić information content (AvgIpc) is 2.55. The summed E-state index contributed by atoms with van der Waals surface area (Å²) in [5, 5.41) is 0.565. The largest absolute Gasteiger partial charge is 0.311 e. The molecule has 0 bridgehead atoms. The molecule has 1 heterocycles. The van der Waals surface area contributed by atoms with Gasteiger partial charge in [-0.3, -0.25) is 4.79 Å². The summed E-state index contributed by atoms with van der Waals surface area (Å²) in [7, 11) is 0. The van der Waals surface area contributed by atoms with Gasteiger partial charge in [-0.15, -0.1) is 0 Å². The van der Waals surface area contributed by atoms with E-state index < -0.39 is 0 Å². The Hall–Kier alpha value is -2.06. The van der Waals surface area contributed by atoms with Crippen LogP contribution in [-0.4, -0.2) is 10.8 Å². The normalized spacial score (nSPS) is 13.5. The summed E-state index contributed by atoms with van der Waals surface area (Å²) in [5.41, 5.74) is 3.73. The molecule has 2 aromatic rings. The van der Waals surface area contributed by atoms with Gasteiger partial charge < -0.3 is 4.90 Å². The van der Waals surface area contributed by atoms with Gasteiger partial charge in [0.15, 0.2) is 0 Å². The molecule has 0 fully saturated rings. The van der Waals surface area contributed by atoms with E-state index in [9.17, 15) is 4.79 Å². The molecule has 0 aliphatic carbocycles. The van der Waals surface area contributed by atoms with Crippen LogP contribution in [0.1, 0.15) is 15.9 Å². The van der Waals surface area contributed by atoms with Gasteiger partial charge in [-0.25, -0.2) is 0 Å². The van der Waals surface area contributed by atoms with Crippen molar-refractivity contribution in [3.05, 3.63) is 71.4 Å². The molecule has 2 aromatic carbocycles. The average molecular weight is 270 g/mol. The van der Waals surface area contributed by atoms with Gasteiger partial charge in [-0.05, 0) is 28.8 Å². The SMILES string of the molecule is C=CN1Cc2ccccc2-c2ccc(Cl)cc2C1=O. The summed E-state index contributed by atoms with van der Waals surface area (Å²) in [5.74, 6) is -0.0660. The zero-order valence-electron chi connectivity index (χ0n) is 10.3. The Morgan fingerprint density at radius 2 is 1.89 bits per heavy atom. The summed E-state index contributed by atoms with van der Waals surface area (Å²) < 4.78 is 0. The molecule has 0 saturated carbocycles. The van der Waals surface area contributed by atoms with Crippen molar-refractivity contribution < 1.29 is 4.79 Å². The summed E-state index contributed by atoms with van der Waals surface area (Å²) in [6, 6.07) is 13.5. The first-order valence-corrected chi connectivity index (χ1v) is 6.40. The number of carbonyl (C=O) groups excluding carboxylic acids is 1. The van der Waals surface area contributed by atoms with E-state index >= 15 is 0 Å². The maximum absolute atomic E-state index is 12.5. The Kier molecular flexibility index (Phi) is 2.88. The van der Waals surface area contributed by atoms with Gasteiger partial charge in [0.2, 0.25) is 0 Å². The van der Waals surface area contributed by atoms with Crippen molar-refractivity contribution in [3.8, 4) is 11.1 Å². The molecular weight excluding hydrogens is 258 g/mol. The maximum atomic E-state index is 12.5. The molecule has 1 aliphatic rings. The number of rotatable bonds is 1. The minimum atomic E-state index is -0.0660. The third-order valence-corrected chi connectivity index (χ3v) is 3.58. The first kappa shape index (κ1) is 12.0. The maximum Gasteiger partial charge on any atom is 0.258 e. The molecule has 1 amide bonds. The second-order valence-electron chi connectivity index (χ2n) is 4.46. The van der Waals surface area contributed by atoms with Crippen molar-refractivity contribution in [2.45, 2.75) is 6.54 Å². The number of benzene rings is 2. The van der Waals surface area contributed by atoms with Crippen LogP contribution >= 0.6 is 11.6 Å². The summed E-state index contributed by atoms with van der Waals surface area (Å²) in [4.78, 5) is 14.1. The van der Waals surface area contributed by atoms with Crippen molar-refractivity contribution in [3.63, 3.8) is 0 Å². The molecule has 0 N–H and O–H groups in total. The Morgan fingerprint density at radius 3 is 2.68 bits per heavy atom. The Morgan fingerprint density at radius 1 is 1.11 bits per heavy atom. The Balaban J connectivity index is 2.32.